The molecule has 0 spiro atoms. The Hall–Kier alpha value is -1.66. The van der Waals surface area contributed by atoms with Crippen molar-refractivity contribution in [3.05, 3.63) is 53.8 Å². The van der Waals surface area contributed by atoms with Crippen LogP contribution in [0.1, 0.15) is 10.4 Å². The highest BCUT2D eigenvalue weighted by Gasteiger charge is 2.10. The van der Waals surface area contributed by atoms with Gasteiger partial charge in [-0.15, -0.1) is 0 Å². The molecular formula is C14H11FO3S2. The van der Waals surface area contributed by atoms with Gasteiger partial charge < -0.3 is 0 Å². The molecule has 2 aromatic rings. The van der Waals surface area contributed by atoms with Crippen molar-refractivity contribution in [2.45, 2.75) is 14.7 Å². The summed E-state index contributed by atoms with van der Waals surface area (Å²) in [4.78, 5) is 12.3. The summed E-state index contributed by atoms with van der Waals surface area (Å²) in [6, 6.07) is 10.6. The van der Waals surface area contributed by atoms with Crippen LogP contribution in [0.25, 0.3) is 0 Å². The lowest BCUT2D eigenvalue weighted by molar-refractivity contribution is 0.111. The third-order valence-corrected chi connectivity index (χ3v) is 4.82. The van der Waals surface area contributed by atoms with Crippen molar-refractivity contribution in [3.8, 4) is 0 Å². The van der Waals surface area contributed by atoms with Gasteiger partial charge >= 0.3 is 0 Å². The highest BCUT2D eigenvalue weighted by molar-refractivity contribution is 7.99. The number of hydrogen-bond donors (Lipinski definition) is 0. The first-order valence-corrected chi connectivity index (χ1v) is 8.34. The zero-order valence-electron chi connectivity index (χ0n) is 10.5. The Morgan fingerprint density at radius 2 is 1.75 bits per heavy atom. The number of rotatable bonds is 4. The summed E-state index contributed by atoms with van der Waals surface area (Å²) < 4.78 is 36.1. The average molecular weight is 310 g/mol. The Morgan fingerprint density at radius 1 is 1.10 bits per heavy atom. The summed E-state index contributed by atoms with van der Waals surface area (Å²) in [5, 5.41) is 0. The van der Waals surface area contributed by atoms with Gasteiger partial charge in [-0.3, -0.25) is 4.79 Å². The van der Waals surface area contributed by atoms with Crippen LogP contribution in [-0.4, -0.2) is 21.0 Å². The predicted molar refractivity (Wildman–Crippen MR) is 75.5 cm³/mol. The molecule has 0 fully saturated rings. The number of benzene rings is 2. The minimum atomic E-state index is -3.24. The minimum Gasteiger partial charge on any atom is -0.298 e. The van der Waals surface area contributed by atoms with Gasteiger partial charge in [-0.1, -0.05) is 17.8 Å². The summed E-state index contributed by atoms with van der Waals surface area (Å²) >= 11 is 1.21. The van der Waals surface area contributed by atoms with Crippen molar-refractivity contribution in [2.24, 2.45) is 0 Å². The lowest BCUT2D eigenvalue weighted by Gasteiger charge is -2.06. The van der Waals surface area contributed by atoms with Gasteiger partial charge in [-0.25, -0.2) is 12.8 Å². The zero-order valence-corrected chi connectivity index (χ0v) is 12.2. The van der Waals surface area contributed by atoms with Gasteiger partial charge in [0.2, 0.25) is 0 Å². The second-order valence-electron chi connectivity index (χ2n) is 4.12. The maximum Gasteiger partial charge on any atom is 0.175 e. The largest absolute Gasteiger partial charge is 0.298 e. The van der Waals surface area contributed by atoms with Crippen molar-refractivity contribution in [3.63, 3.8) is 0 Å². The van der Waals surface area contributed by atoms with Crippen molar-refractivity contribution in [1.29, 1.82) is 0 Å². The van der Waals surface area contributed by atoms with Gasteiger partial charge in [0.25, 0.3) is 0 Å². The summed E-state index contributed by atoms with van der Waals surface area (Å²) in [6.45, 7) is 0. The van der Waals surface area contributed by atoms with Gasteiger partial charge in [0.1, 0.15) is 5.82 Å². The lowest BCUT2D eigenvalue weighted by Crippen LogP contribution is -1.96. The van der Waals surface area contributed by atoms with Crippen LogP contribution in [0, 0.1) is 5.82 Å². The molecule has 6 heteroatoms. The Bertz CT molecular complexity index is 738. The number of halogens is 1. The first-order chi connectivity index (χ1) is 9.41. The molecule has 0 aliphatic carbocycles. The van der Waals surface area contributed by atoms with Crippen LogP contribution in [-0.2, 0) is 9.84 Å². The third kappa shape index (κ3) is 3.26. The Morgan fingerprint density at radius 3 is 2.30 bits per heavy atom. The van der Waals surface area contributed by atoms with E-state index in [4.69, 9.17) is 0 Å². The average Bonchev–Trinajstić information content (AvgIpc) is 2.38. The smallest absolute Gasteiger partial charge is 0.175 e. The van der Waals surface area contributed by atoms with Crippen LogP contribution in [0.3, 0.4) is 0 Å². The van der Waals surface area contributed by atoms with Crippen LogP contribution in [0.15, 0.2) is 57.2 Å². The highest BCUT2D eigenvalue weighted by Crippen LogP contribution is 2.31. The van der Waals surface area contributed by atoms with E-state index in [9.17, 15) is 17.6 Å². The quantitative estimate of drug-likeness (QED) is 0.814. The van der Waals surface area contributed by atoms with Gasteiger partial charge in [0.15, 0.2) is 16.1 Å². The Kier molecular flexibility index (Phi) is 4.25. The molecule has 0 N–H and O–H groups in total. The van der Waals surface area contributed by atoms with Gasteiger partial charge in [0, 0.05) is 16.0 Å². The van der Waals surface area contributed by atoms with Crippen LogP contribution < -0.4 is 0 Å². The first-order valence-electron chi connectivity index (χ1n) is 5.63. The number of hydrogen-bond acceptors (Lipinski definition) is 4. The molecule has 2 aromatic carbocycles. The van der Waals surface area contributed by atoms with E-state index in [0.29, 0.717) is 11.2 Å². The highest BCUT2D eigenvalue weighted by atomic mass is 32.2. The van der Waals surface area contributed by atoms with Crippen molar-refractivity contribution in [2.75, 3.05) is 6.26 Å². The van der Waals surface area contributed by atoms with E-state index in [-0.39, 0.29) is 10.5 Å². The molecule has 0 atom stereocenters. The van der Waals surface area contributed by atoms with Crippen molar-refractivity contribution >= 4 is 27.9 Å². The van der Waals surface area contributed by atoms with E-state index >= 15 is 0 Å². The fraction of sp³-hybridized carbons (Fsp3) is 0.0714. The van der Waals surface area contributed by atoms with Gasteiger partial charge in [-0.2, -0.15) is 0 Å². The molecule has 0 amide bonds. The summed E-state index contributed by atoms with van der Waals surface area (Å²) in [5.41, 5.74) is 0.00434. The maximum absolute atomic E-state index is 13.4. The molecule has 0 unspecified atom stereocenters. The second-order valence-corrected chi connectivity index (χ2v) is 7.25. The first kappa shape index (κ1) is 14.7. The molecule has 104 valence electrons. The van der Waals surface area contributed by atoms with Gasteiger partial charge in [0.05, 0.1) is 10.5 Å². The van der Waals surface area contributed by atoms with E-state index in [2.05, 4.69) is 0 Å². The van der Waals surface area contributed by atoms with Crippen molar-refractivity contribution < 1.29 is 17.6 Å². The van der Waals surface area contributed by atoms with Gasteiger partial charge in [-0.05, 0) is 36.4 Å². The topological polar surface area (TPSA) is 51.2 Å². The molecule has 0 heterocycles. The Labute approximate surface area is 120 Å². The summed E-state index contributed by atoms with van der Waals surface area (Å²) in [6.07, 6.45) is 1.61. The third-order valence-electron chi connectivity index (χ3n) is 2.61. The molecule has 0 radical (unpaired) electrons. The molecule has 20 heavy (non-hydrogen) atoms. The molecule has 2 rings (SSSR count). The molecular weight excluding hydrogens is 299 g/mol. The molecule has 0 saturated heterocycles. The zero-order chi connectivity index (χ0) is 14.8. The number of carbonyl (C=O) groups excluding carboxylic acids is 1. The standard InChI is InChI=1S/C14H11FO3S2/c1-20(17,18)11-7-5-10(6-8-11)19-14-4-2-3-13(15)12(14)9-16/h2-9H,1H3. The summed E-state index contributed by atoms with van der Waals surface area (Å²) in [7, 11) is -3.24. The fourth-order valence-corrected chi connectivity index (χ4v) is 3.16. The van der Waals surface area contributed by atoms with E-state index in [1.54, 1.807) is 18.2 Å². The molecule has 0 bridgehead atoms. The molecule has 0 saturated carbocycles. The van der Waals surface area contributed by atoms with E-state index in [0.717, 1.165) is 11.2 Å². The summed E-state index contributed by atoms with van der Waals surface area (Å²) in [5.74, 6) is -0.572. The van der Waals surface area contributed by atoms with E-state index < -0.39 is 15.7 Å². The number of aldehydes is 1. The number of sulfone groups is 1. The van der Waals surface area contributed by atoms with Crippen LogP contribution >= 0.6 is 11.8 Å². The molecule has 0 aliphatic rings. The minimum absolute atomic E-state index is 0.00434. The molecule has 0 aromatic heterocycles. The van der Waals surface area contributed by atoms with Crippen LogP contribution in [0.4, 0.5) is 4.39 Å². The van der Waals surface area contributed by atoms with Crippen LogP contribution in [0.5, 0.6) is 0 Å². The SMILES string of the molecule is CS(=O)(=O)c1ccc(Sc2cccc(F)c2C=O)cc1. The monoisotopic (exact) mass is 310 g/mol. The van der Waals surface area contributed by atoms with E-state index in [1.807, 2.05) is 0 Å². The maximum atomic E-state index is 13.4. The fourth-order valence-electron chi connectivity index (χ4n) is 1.60. The van der Waals surface area contributed by atoms with Crippen LogP contribution in [0.2, 0.25) is 0 Å². The second kappa shape index (κ2) is 5.76. The van der Waals surface area contributed by atoms with Crippen molar-refractivity contribution in [1.82, 2.24) is 0 Å². The predicted octanol–water partition coefficient (Wildman–Crippen LogP) is 3.19. The number of carbonyl (C=O) groups is 1. The Balaban J connectivity index is 2.32. The molecule has 3 nitrogen and oxygen atoms in total. The molecule has 0 aliphatic heterocycles. The lowest BCUT2D eigenvalue weighted by atomic mass is 10.2. The van der Waals surface area contributed by atoms with E-state index in [1.165, 1.54) is 36.0 Å². The normalized spacial score (nSPS) is 11.3.